The van der Waals surface area contributed by atoms with Gasteiger partial charge in [-0.3, -0.25) is 4.79 Å². The number of carbonyl (C=O) groups excluding carboxylic acids is 1. The molecule has 0 bridgehead atoms. The Kier molecular flexibility index (Phi) is 4.97. The Morgan fingerprint density at radius 2 is 1.56 bits per heavy atom. The SMILES string of the molecule is C/C=C(\C(=O)C(CC)C(C)(C)C)C(C)(C)C. The van der Waals surface area contributed by atoms with E-state index in [1.165, 1.54) is 0 Å². The Morgan fingerprint density at radius 3 is 1.75 bits per heavy atom. The fourth-order valence-electron chi connectivity index (χ4n) is 2.32. The van der Waals surface area contributed by atoms with Gasteiger partial charge in [-0.05, 0) is 29.7 Å². The quantitative estimate of drug-likeness (QED) is 0.639. The molecule has 1 unspecified atom stereocenters. The summed E-state index contributed by atoms with van der Waals surface area (Å²) in [4.78, 5) is 12.5. The third-order valence-electron chi connectivity index (χ3n) is 3.13. The standard InChI is InChI=1S/C15H28O/c1-9-11(14(3,4)5)13(16)12(10-2)15(6,7)8/h9,12H,10H2,1-8H3/b11-9+. The molecule has 0 saturated carbocycles. The zero-order chi connectivity index (χ0) is 13.1. The smallest absolute Gasteiger partial charge is 0.162 e. The van der Waals surface area contributed by atoms with Crippen molar-refractivity contribution in [2.24, 2.45) is 16.7 Å². The molecule has 1 atom stereocenters. The Balaban J connectivity index is 5.19. The van der Waals surface area contributed by atoms with E-state index in [-0.39, 0.29) is 16.7 Å². The Bertz CT molecular complexity index is 271. The summed E-state index contributed by atoms with van der Waals surface area (Å²) in [5.74, 6) is 0.447. The number of allylic oxidation sites excluding steroid dienone is 2. The van der Waals surface area contributed by atoms with E-state index in [0.717, 1.165) is 12.0 Å². The van der Waals surface area contributed by atoms with E-state index in [4.69, 9.17) is 0 Å². The molecule has 0 aliphatic carbocycles. The van der Waals surface area contributed by atoms with E-state index in [2.05, 4.69) is 48.5 Å². The number of hydrogen-bond donors (Lipinski definition) is 0. The lowest BCUT2D eigenvalue weighted by Crippen LogP contribution is -2.32. The van der Waals surface area contributed by atoms with Gasteiger partial charge in [0.05, 0.1) is 0 Å². The van der Waals surface area contributed by atoms with Gasteiger partial charge in [-0.2, -0.15) is 0 Å². The Morgan fingerprint density at radius 1 is 1.12 bits per heavy atom. The van der Waals surface area contributed by atoms with Gasteiger partial charge in [0, 0.05) is 5.92 Å². The average Bonchev–Trinajstić information content (AvgIpc) is 2.00. The van der Waals surface area contributed by atoms with Crippen LogP contribution in [0.2, 0.25) is 0 Å². The largest absolute Gasteiger partial charge is 0.294 e. The molecule has 0 N–H and O–H groups in total. The van der Waals surface area contributed by atoms with Crippen LogP contribution in [0.15, 0.2) is 11.6 Å². The second-order valence-electron chi connectivity index (χ2n) is 6.64. The summed E-state index contributed by atoms with van der Waals surface area (Å²) in [5.41, 5.74) is 0.963. The highest BCUT2D eigenvalue weighted by atomic mass is 16.1. The third kappa shape index (κ3) is 3.77. The second-order valence-corrected chi connectivity index (χ2v) is 6.64. The van der Waals surface area contributed by atoms with E-state index >= 15 is 0 Å². The molecule has 0 aliphatic heterocycles. The summed E-state index contributed by atoms with van der Waals surface area (Å²) >= 11 is 0. The van der Waals surface area contributed by atoms with Crippen molar-refractivity contribution in [2.75, 3.05) is 0 Å². The van der Waals surface area contributed by atoms with Gasteiger partial charge in [0.25, 0.3) is 0 Å². The van der Waals surface area contributed by atoms with Crippen LogP contribution in [0.3, 0.4) is 0 Å². The summed E-state index contributed by atoms with van der Waals surface area (Å²) in [6, 6.07) is 0. The molecule has 0 aromatic heterocycles. The summed E-state index contributed by atoms with van der Waals surface area (Å²) in [5, 5.41) is 0. The van der Waals surface area contributed by atoms with Gasteiger partial charge < -0.3 is 0 Å². The van der Waals surface area contributed by atoms with E-state index < -0.39 is 0 Å². The van der Waals surface area contributed by atoms with Gasteiger partial charge in [-0.1, -0.05) is 54.5 Å². The monoisotopic (exact) mass is 224 g/mol. The molecule has 0 spiro atoms. The van der Waals surface area contributed by atoms with Crippen molar-refractivity contribution in [2.45, 2.75) is 61.8 Å². The van der Waals surface area contributed by atoms with E-state index in [0.29, 0.717) is 5.78 Å². The summed E-state index contributed by atoms with van der Waals surface area (Å²) < 4.78 is 0. The molecule has 0 aromatic rings. The van der Waals surface area contributed by atoms with Crippen LogP contribution < -0.4 is 0 Å². The van der Waals surface area contributed by atoms with E-state index in [1.807, 2.05) is 13.0 Å². The van der Waals surface area contributed by atoms with Gasteiger partial charge in [0.15, 0.2) is 5.78 Å². The maximum atomic E-state index is 12.5. The molecule has 0 rings (SSSR count). The van der Waals surface area contributed by atoms with Crippen molar-refractivity contribution in [1.29, 1.82) is 0 Å². The predicted molar refractivity (Wildman–Crippen MR) is 71.5 cm³/mol. The molecule has 0 fully saturated rings. The summed E-state index contributed by atoms with van der Waals surface area (Å²) in [6.45, 7) is 16.8. The molecule has 0 saturated heterocycles. The first-order valence-electron chi connectivity index (χ1n) is 6.26. The van der Waals surface area contributed by atoms with E-state index in [1.54, 1.807) is 0 Å². The van der Waals surface area contributed by atoms with Crippen LogP contribution in [0.5, 0.6) is 0 Å². The van der Waals surface area contributed by atoms with Crippen LogP contribution in [0.25, 0.3) is 0 Å². The molecular formula is C15H28O. The fourth-order valence-corrected chi connectivity index (χ4v) is 2.32. The number of hydrogen-bond acceptors (Lipinski definition) is 1. The molecule has 0 heterocycles. The van der Waals surface area contributed by atoms with Crippen molar-refractivity contribution in [3.63, 3.8) is 0 Å². The molecule has 0 radical (unpaired) electrons. The number of Topliss-reactive ketones (excluding diaryl/α,β-unsaturated/α-hetero) is 1. The van der Waals surface area contributed by atoms with Crippen LogP contribution in [0.1, 0.15) is 61.8 Å². The zero-order valence-electron chi connectivity index (χ0n) is 12.3. The summed E-state index contributed by atoms with van der Waals surface area (Å²) in [7, 11) is 0. The third-order valence-corrected chi connectivity index (χ3v) is 3.13. The van der Waals surface area contributed by atoms with Gasteiger partial charge in [0.1, 0.15) is 0 Å². The van der Waals surface area contributed by atoms with Crippen molar-refractivity contribution in [3.8, 4) is 0 Å². The lowest BCUT2D eigenvalue weighted by molar-refractivity contribution is -0.123. The molecule has 1 heteroatoms. The van der Waals surface area contributed by atoms with E-state index in [9.17, 15) is 4.79 Å². The topological polar surface area (TPSA) is 17.1 Å². The highest BCUT2D eigenvalue weighted by molar-refractivity contribution is 5.98. The first kappa shape index (κ1) is 15.4. The molecule has 94 valence electrons. The van der Waals surface area contributed by atoms with Gasteiger partial charge in [0.2, 0.25) is 0 Å². The average molecular weight is 224 g/mol. The molecule has 0 aromatic carbocycles. The summed E-state index contributed by atoms with van der Waals surface area (Å²) in [6.07, 6.45) is 2.90. The van der Waals surface area contributed by atoms with Crippen molar-refractivity contribution in [3.05, 3.63) is 11.6 Å². The number of ketones is 1. The Hall–Kier alpha value is -0.590. The second kappa shape index (κ2) is 5.16. The minimum Gasteiger partial charge on any atom is -0.294 e. The highest BCUT2D eigenvalue weighted by Crippen LogP contribution is 2.36. The van der Waals surface area contributed by atoms with Gasteiger partial charge in [-0.15, -0.1) is 0 Å². The van der Waals surface area contributed by atoms with Gasteiger partial charge >= 0.3 is 0 Å². The maximum absolute atomic E-state index is 12.5. The first-order chi connectivity index (χ1) is 7.05. The first-order valence-corrected chi connectivity index (χ1v) is 6.26. The molecule has 0 aliphatic rings. The van der Waals surface area contributed by atoms with Crippen LogP contribution in [0, 0.1) is 16.7 Å². The van der Waals surface area contributed by atoms with Crippen molar-refractivity contribution < 1.29 is 4.79 Å². The Labute approximate surface area is 101 Å². The molecule has 16 heavy (non-hydrogen) atoms. The van der Waals surface area contributed by atoms with Crippen molar-refractivity contribution in [1.82, 2.24) is 0 Å². The van der Waals surface area contributed by atoms with Crippen LogP contribution in [-0.2, 0) is 4.79 Å². The minimum absolute atomic E-state index is 0.0470. The lowest BCUT2D eigenvalue weighted by Gasteiger charge is -2.32. The normalized spacial score (nSPS) is 16.1. The predicted octanol–water partition coefficient (Wildman–Crippen LogP) is 4.62. The zero-order valence-corrected chi connectivity index (χ0v) is 12.3. The van der Waals surface area contributed by atoms with Gasteiger partial charge in [-0.25, -0.2) is 0 Å². The lowest BCUT2D eigenvalue weighted by atomic mass is 9.70. The fraction of sp³-hybridized carbons (Fsp3) is 0.800. The maximum Gasteiger partial charge on any atom is 0.162 e. The number of rotatable bonds is 3. The van der Waals surface area contributed by atoms with Crippen LogP contribution >= 0.6 is 0 Å². The molecule has 0 amide bonds. The number of carbonyl (C=O) groups is 1. The molecule has 1 nitrogen and oxygen atoms in total. The van der Waals surface area contributed by atoms with Crippen molar-refractivity contribution >= 4 is 5.78 Å². The van der Waals surface area contributed by atoms with Crippen LogP contribution in [-0.4, -0.2) is 5.78 Å². The van der Waals surface area contributed by atoms with Crippen LogP contribution in [0.4, 0.5) is 0 Å². The minimum atomic E-state index is -0.0511. The highest BCUT2D eigenvalue weighted by Gasteiger charge is 2.34. The molecular weight excluding hydrogens is 196 g/mol.